The highest BCUT2D eigenvalue weighted by Crippen LogP contribution is 2.68. The number of methoxy groups -OCH3 is 1. The Morgan fingerprint density at radius 3 is 2.85 bits per heavy atom. The standard InChI is InChI=1S/C20H20N2O5/c1-10(23)19-9-11-8-18-12-5-3-4-6-13(12)21-16(18)20(25,17(24)26-2)14(19)7-15(18)22(11)27-19/h3-6,11,14-15,25H,7-9H2,1-2H3/t11-,14-,15-,18+,19+,20-/m0/s1. The number of rotatable bonds is 2. The van der Waals surface area contributed by atoms with Crippen LogP contribution in [0.25, 0.3) is 0 Å². The zero-order valence-corrected chi connectivity index (χ0v) is 15.1. The SMILES string of the molecule is COC(=O)[C@@]1(O)C2=Nc3ccccc3[C@@]23C[C@H]2C[C@]4(C(C)=O)ON2[C@H]3C[C@H]14. The molecule has 1 spiro atoms. The van der Waals surface area contributed by atoms with Gasteiger partial charge >= 0.3 is 5.97 Å². The number of fused-ring (bicyclic) bond motifs is 4. The molecule has 5 aliphatic rings. The van der Waals surface area contributed by atoms with E-state index in [1.807, 2.05) is 29.3 Å². The van der Waals surface area contributed by atoms with Crippen LogP contribution in [-0.4, -0.2) is 58.0 Å². The van der Waals surface area contributed by atoms with E-state index in [0.717, 1.165) is 11.3 Å². The first-order valence-electron chi connectivity index (χ1n) is 9.38. The third-order valence-corrected chi connectivity index (χ3v) is 7.62. The smallest absolute Gasteiger partial charge is 0.344 e. The largest absolute Gasteiger partial charge is 0.467 e. The Morgan fingerprint density at radius 1 is 1.33 bits per heavy atom. The van der Waals surface area contributed by atoms with Gasteiger partial charge in [-0.25, -0.2) is 4.79 Å². The molecule has 1 aliphatic carbocycles. The molecule has 4 fully saturated rings. The molecule has 0 amide bonds. The molecule has 27 heavy (non-hydrogen) atoms. The quantitative estimate of drug-likeness (QED) is 0.785. The highest BCUT2D eigenvalue weighted by Gasteiger charge is 2.81. The van der Waals surface area contributed by atoms with Crippen LogP contribution in [-0.2, 0) is 24.6 Å². The first kappa shape index (κ1) is 15.9. The molecule has 6 atom stereocenters. The molecular weight excluding hydrogens is 348 g/mol. The summed E-state index contributed by atoms with van der Waals surface area (Å²) in [7, 11) is 1.26. The minimum atomic E-state index is -1.97. The summed E-state index contributed by atoms with van der Waals surface area (Å²) in [6.07, 6.45) is 1.66. The molecule has 4 bridgehead atoms. The molecule has 7 nitrogen and oxygen atoms in total. The third-order valence-electron chi connectivity index (χ3n) is 7.62. The lowest BCUT2D eigenvalue weighted by molar-refractivity contribution is -0.280. The molecular formula is C20H20N2O5. The second-order valence-corrected chi connectivity index (χ2v) is 8.47. The lowest BCUT2D eigenvalue weighted by Gasteiger charge is -2.57. The average Bonchev–Trinajstić information content (AvgIpc) is 3.27. The highest BCUT2D eigenvalue weighted by molar-refractivity contribution is 6.20. The second-order valence-electron chi connectivity index (χ2n) is 8.47. The molecule has 1 aromatic rings. The number of hydrogen-bond donors (Lipinski definition) is 1. The van der Waals surface area contributed by atoms with Gasteiger partial charge in [0, 0.05) is 18.4 Å². The van der Waals surface area contributed by atoms with Crippen LogP contribution in [0.4, 0.5) is 5.69 Å². The van der Waals surface area contributed by atoms with E-state index in [-0.39, 0.29) is 17.9 Å². The topological polar surface area (TPSA) is 88.4 Å². The van der Waals surface area contributed by atoms with E-state index in [1.165, 1.54) is 14.0 Å². The summed E-state index contributed by atoms with van der Waals surface area (Å²) in [5.74, 6) is -1.63. The third kappa shape index (κ3) is 1.42. The summed E-state index contributed by atoms with van der Waals surface area (Å²) in [5.41, 5.74) is -1.52. The molecule has 3 saturated heterocycles. The molecule has 7 heteroatoms. The van der Waals surface area contributed by atoms with Crippen molar-refractivity contribution in [3.8, 4) is 0 Å². The van der Waals surface area contributed by atoms with Gasteiger partial charge < -0.3 is 9.84 Å². The fourth-order valence-electron chi connectivity index (χ4n) is 6.66. The van der Waals surface area contributed by atoms with E-state index in [4.69, 9.17) is 14.6 Å². The summed E-state index contributed by atoms with van der Waals surface area (Å²) in [5, 5.41) is 13.8. The normalized spacial score (nSPS) is 45.4. The lowest BCUT2D eigenvalue weighted by atomic mass is 9.51. The van der Waals surface area contributed by atoms with Crippen LogP contribution < -0.4 is 0 Å². The Labute approximate surface area is 155 Å². The lowest BCUT2D eigenvalue weighted by Crippen LogP contribution is -2.75. The zero-order chi connectivity index (χ0) is 18.8. The second kappa shape index (κ2) is 4.48. The number of ketones is 1. The van der Waals surface area contributed by atoms with Crippen molar-refractivity contribution in [2.45, 2.75) is 54.9 Å². The van der Waals surface area contributed by atoms with Crippen molar-refractivity contribution in [1.82, 2.24) is 5.06 Å². The fourth-order valence-corrected chi connectivity index (χ4v) is 6.66. The van der Waals surface area contributed by atoms with E-state index in [1.54, 1.807) is 0 Å². The number of esters is 1. The van der Waals surface area contributed by atoms with Gasteiger partial charge in [-0.3, -0.25) is 14.6 Å². The first-order valence-corrected chi connectivity index (χ1v) is 9.38. The average molecular weight is 368 g/mol. The predicted molar refractivity (Wildman–Crippen MR) is 93.4 cm³/mol. The van der Waals surface area contributed by atoms with Gasteiger partial charge in [0.15, 0.2) is 11.4 Å². The molecule has 140 valence electrons. The van der Waals surface area contributed by atoms with Gasteiger partial charge in [-0.15, -0.1) is 0 Å². The summed E-state index contributed by atoms with van der Waals surface area (Å²) < 4.78 is 5.03. The first-order chi connectivity index (χ1) is 12.9. The molecule has 1 saturated carbocycles. The number of hydroxylamine groups is 2. The molecule has 0 aromatic heterocycles. The number of para-hydroxylation sites is 1. The van der Waals surface area contributed by atoms with Gasteiger partial charge in [-0.05, 0) is 31.4 Å². The summed E-state index contributed by atoms with van der Waals surface area (Å²) >= 11 is 0. The van der Waals surface area contributed by atoms with Crippen molar-refractivity contribution in [2.24, 2.45) is 10.9 Å². The predicted octanol–water partition coefficient (Wildman–Crippen LogP) is 1.05. The van der Waals surface area contributed by atoms with E-state index in [9.17, 15) is 14.7 Å². The van der Waals surface area contributed by atoms with Crippen LogP contribution in [0.5, 0.6) is 0 Å². The number of carbonyl (C=O) groups excluding carboxylic acids is 2. The Morgan fingerprint density at radius 2 is 2.11 bits per heavy atom. The highest BCUT2D eigenvalue weighted by atomic mass is 16.7. The Balaban J connectivity index is 1.68. The van der Waals surface area contributed by atoms with Crippen molar-refractivity contribution in [3.05, 3.63) is 29.8 Å². The molecule has 1 aromatic carbocycles. The number of aliphatic imine (C=N–C) groups is 1. The number of benzene rings is 1. The maximum atomic E-state index is 12.9. The van der Waals surface area contributed by atoms with Crippen molar-refractivity contribution in [1.29, 1.82) is 0 Å². The fraction of sp³-hybridized carbons (Fsp3) is 0.550. The molecule has 6 rings (SSSR count). The van der Waals surface area contributed by atoms with Crippen LogP contribution in [0, 0.1) is 5.92 Å². The summed E-state index contributed by atoms with van der Waals surface area (Å²) in [4.78, 5) is 36.6. The van der Waals surface area contributed by atoms with Crippen LogP contribution in [0.2, 0.25) is 0 Å². The van der Waals surface area contributed by atoms with Crippen LogP contribution in [0.3, 0.4) is 0 Å². The van der Waals surface area contributed by atoms with Crippen molar-refractivity contribution in [3.63, 3.8) is 0 Å². The Hall–Kier alpha value is -2.09. The maximum absolute atomic E-state index is 12.9. The van der Waals surface area contributed by atoms with Crippen LogP contribution in [0.15, 0.2) is 29.3 Å². The molecule has 4 aliphatic heterocycles. The molecule has 4 heterocycles. The maximum Gasteiger partial charge on any atom is 0.344 e. The van der Waals surface area contributed by atoms with Gasteiger partial charge in [0.2, 0.25) is 5.60 Å². The van der Waals surface area contributed by atoms with Crippen LogP contribution >= 0.6 is 0 Å². The van der Waals surface area contributed by atoms with Crippen molar-refractivity contribution >= 4 is 23.2 Å². The molecule has 1 N–H and O–H groups in total. The molecule has 0 unspecified atom stereocenters. The zero-order valence-electron chi connectivity index (χ0n) is 15.1. The van der Waals surface area contributed by atoms with Gasteiger partial charge in [0.1, 0.15) is 0 Å². The van der Waals surface area contributed by atoms with E-state index in [0.29, 0.717) is 25.0 Å². The van der Waals surface area contributed by atoms with Gasteiger partial charge in [-0.1, -0.05) is 18.2 Å². The number of nitrogens with zero attached hydrogens (tertiary/aromatic N) is 2. The van der Waals surface area contributed by atoms with Crippen molar-refractivity contribution < 1.29 is 24.3 Å². The van der Waals surface area contributed by atoms with Crippen molar-refractivity contribution in [2.75, 3.05) is 7.11 Å². The minimum Gasteiger partial charge on any atom is -0.467 e. The van der Waals surface area contributed by atoms with E-state index < -0.39 is 28.5 Å². The number of carbonyl (C=O) groups is 2. The monoisotopic (exact) mass is 368 g/mol. The Bertz CT molecular complexity index is 955. The number of hydrogen-bond acceptors (Lipinski definition) is 7. The number of Topliss-reactive ketones (excluding diaryl/α,β-unsaturated/α-hetero) is 1. The van der Waals surface area contributed by atoms with Gasteiger partial charge in [-0.2, -0.15) is 5.06 Å². The van der Waals surface area contributed by atoms with Gasteiger partial charge in [0.05, 0.1) is 30.0 Å². The van der Waals surface area contributed by atoms with Crippen LogP contribution in [0.1, 0.15) is 31.7 Å². The number of aliphatic hydroxyl groups is 1. The minimum absolute atomic E-state index is 0.0465. The Kier molecular flexibility index (Phi) is 2.64. The van der Waals surface area contributed by atoms with E-state index >= 15 is 0 Å². The molecule has 0 radical (unpaired) electrons. The summed E-state index contributed by atoms with van der Waals surface area (Å²) in [6.45, 7) is 1.48. The summed E-state index contributed by atoms with van der Waals surface area (Å²) in [6, 6.07) is 7.82. The van der Waals surface area contributed by atoms with Gasteiger partial charge in [0.25, 0.3) is 0 Å². The van der Waals surface area contributed by atoms with E-state index in [2.05, 4.69) is 0 Å². The number of ether oxygens (including phenoxy) is 1.